The number of ether oxygens (including phenoxy) is 3. The van der Waals surface area contributed by atoms with Crippen molar-refractivity contribution in [3.05, 3.63) is 6.07 Å². The summed E-state index contributed by atoms with van der Waals surface area (Å²) < 4.78 is 84.5. The van der Waals surface area contributed by atoms with Crippen molar-refractivity contribution in [2.24, 2.45) is 0 Å². The van der Waals surface area contributed by atoms with Crippen LogP contribution in [0.3, 0.4) is 0 Å². The van der Waals surface area contributed by atoms with Crippen LogP contribution in [0.2, 0.25) is 0 Å². The molecule has 0 amide bonds. The maximum Gasteiger partial charge on any atom is 0.387 e. The van der Waals surface area contributed by atoms with Gasteiger partial charge in [0, 0.05) is 6.07 Å². The van der Waals surface area contributed by atoms with E-state index in [9.17, 15) is 26.3 Å². The molecule has 11 heteroatoms. The van der Waals surface area contributed by atoms with E-state index in [-0.39, 0.29) is 0 Å². The second-order valence-electron chi connectivity index (χ2n) is 3.17. The molecule has 0 aliphatic rings. The molecule has 20 heavy (non-hydrogen) atoms. The molecule has 114 valence electrons. The fourth-order valence-corrected chi connectivity index (χ4v) is 1.26. The van der Waals surface area contributed by atoms with Crippen LogP contribution in [-0.2, 0) is 0 Å². The monoisotopic (exact) mass is 306 g/mol. The quantitative estimate of drug-likeness (QED) is 0.624. The predicted molar refractivity (Wildman–Crippen MR) is 55.2 cm³/mol. The largest absolute Gasteiger partial charge is 0.432 e. The van der Waals surface area contributed by atoms with Crippen LogP contribution < -0.4 is 25.7 Å². The van der Waals surface area contributed by atoms with Crippen LogP contribution in [0.5, 0.6) is 17.2 Å². The number of nitrogen functional groups attached to an aromatic ring is 2. The third-order valence-corrected chi connectivity index (χ3v) is 1.90. The Hall–Kier alpha value is -2.20. The summed E-state index contributed by atoms with van der Waals surface area (Å²) in [5.41, 5.74) is 8.89. The van der Waals surface area contributed by atoms with E-state index in [4.69, 9.17) is 11.5 Å². The van der Waals surface area contributed by atoms with Gasteiger partial charge in [0.1, 0.15) is 5.69 Å². The molecule has 0 spiro atoms. The molecule has 0 fully saturated rings. The fourth-order valence-electron chi connectivity index (χ4n) is 1.26. The van der Waals surface area contributed by atoms with Gasteiger partial charge in [-0.25, -0.2) is 0 Å². The fraction of sp³-hybridized carbons (Fsp3) is 0.333. The van der Waals surface area contributed by atoms with Gasteiger partial charge in [-0.2, -0.15) is 26.3 Å². The van der Waals surface area contributed by atoms with Crippen LogP contribution in [0.4, 0.5) is 37.7 Å². The molecule has 0 aromatic heterocycles. The van der Waals surface area contributed by atoms with Crippen molar-refractivity contribution >= 4 is 11.4 Å². The van der Waals surface area contributed by atoms with Crippen LogP contribution >= 0.6 is 0 Å². The number of hydrogen-bond donors (Lipinski definition) is 2. The van der Waals surface area contributed by atoms with Crippen molar-refractivity contribution in [3.63, 3.8) is 0 Å². The van der Waals surface area contributed by atoms with Gasteiger partial charge in [-0.1, -0.05) is 0 Å². The summed E-state index contributed by atoms with van der Waals surface area (Å²) in [6.45, 7) is -10.2. The Morgan fingerprint density at radius 2 is 1.20 bits per heavy atom. The van der Waals surface area contributed by atoms with E-state index in [1.54, 1.807) is 0 Å². The van der Waals surface area contributed by atoms with Gasteiger partial charge in [0.2, 0.25) is 0 Å². The van der Waals surface area contributed by atoms with Crippen LogP contribution in [0, 0.1) is 0 Å². The Labute approximate surface area is 108 Å². The third kappa shape index (κ3) is 3.90. The minimum Gasteiger partial charge on any atom is -0.432 e. The lowest BCUT2D eigenvalue weighted by Gasteiger charge is -2.18. The Morgan fingerprint density at radius 3 is 1.65 bits per heavy atom. The molecular formula is C9H8F6N2O3. The van der Waals surface area contributed by atoms with Gasteiger partial charge in [0.15, 0.2) is 17.2 Å². The predicted octanol–water partition coefficient (Wildman–Crippen LogP) is 2.66. The number of halogens is 6. The summed E-state index contributed by atoms with van der Waals surface area (Å²) >= 11 is 0. The van der Waals surface area contributed by atoms with Crippen LogP contribution in [-0.4, -0.2) is 19.8 Å². The normalized spacial score (nSPS) is 11.2. The first-order valence-corrected chi connectivity index (χ1v) is 4.78. The third-order valence-electron chi connectivity index (χ3n) is 1.90. The molecule has 0 heterocycles. The SMILES string of the molecule is Nc1cc(OC(F)F)c(N)c(OC(F)F)c1OC(F)F. The minimum atomic E-state index is -3.47. The molecule has 0 radical (unpaired) electrons. The second kappa shape index (κ2) is 6.30. The van der Waals surface area contributed by atoms with Crippen LogP contribution in [0.15, 0.2) is 6.07 Å². The van der Waals surface area contributed by atoms with Crippen molar-refractivity contribution in [3.8, 4) is 17.2 Å². The molecule has 0 unspecified atom stereocenters. The first kappa shape index (κ1) is 15.9. The van der Waals surface area contributed by atoms with Gasteiger partial charge in [-0.05, 0) is 0 Å². The van der Waals surface area contributed by atoms with Crippen molar-refractivity contribution < 1.29 is 40.6 Å². The molecule has 1 aromatic carbocycles. The lowest BCUT2D eigenvalue weighted by molar-refractivity contribution is -0.0694. The zero-order valence-corrected chi connectivity index (χ0v) is 9.46. The Balaban J connectivity index is 3.32. The first-order chi connectivity index (χ1) is 9.22. The summed E-state index contributed by atoms with van der Waals surface area (Å²) in [7, 11) is 0. The summed E-state index contributed by atoms with van der Waals surface area (Å²) in [5.74, 6) is -2.93. The van der Waals surface area contributed by atoms with Crippen molar-refractivity contribution in [2.45, 2.75) is 19.8 Å². The zero-order chi connectivity index (χ0) is 15.4. The molecule has 0 bridgehead atoms. The molecule has 0 aliphatic heterocycles. The zero-order valence-electron chi connectivity index (χ0n) is 9.46. The Bertz CT molecular complexity index is 471. The second-order valence-corrected chi connectivity index (χ2v) is 3.17. The molecule has 4 N–H and O–H groups in total. The number of rotatable bonds is 6. The Morgan fingerprint density at radius 1 is 0.750 bits per heavy atom. The van der Waals surface area contributed by atoms with E-state index in [0.717, 1.165) is 0 Å². The molecule has 1 aromatic rings. The molecule has 5 nitrogen and oxygen atoms in total. The molecule has 0 aliphatic carbocycles. The van der Waals surface area contributed by atoms with E-state index < -0.39 is 48.5 Å². The lowest BCUT2D eigenvalue weighted by Crippen LogP contribution is -2.13. The summed E-state index contributed by atoms with van der Waals surface area (Å²) in [6.07, 6.45) is 0. The van der Waals surface area contributed by atoms with Gasteiger partial charge in [0.05, 0.1) is 5.69 Å². The van der Waals surface area contributed by atoms with Crippen LogP contribution in [0.25, 0.3) is 0 Å². The highest BCUT2D eigenvalue weighted by Gasteiger charge is 2.25. The lowest BCUT2D eigenvalue weighted by atomic mass is 10.2. The Kier molecular flexibility index (Phi) is 5.00. The van der Waals surface area contributed by atoms with Gasteiger partial charge in [0.25, 0.3) is 0 Å². The van der Waals surface area contributed by atoms with E-state index >= 15 is 0 Å². The molecular weight excluding hydrogens is 298 g/mol. The van der Waals surface area contributed by atoms with Crippen molar-refractivity contribution in [1.29, 1.82) is 0 Å². The maximum absolute atomic E-state index is 12.2. The highest BCUT2D eigenvalue weighted by molar-refractivity contribution is 5.77. The molecule has 0 saturated heterocycles. The number of anilines is 2. The summed E-state index contributed by atoms with van der Waals surface area (Å²) in [6, 6.07) is 0.623. The van der Waals surface area contributed by atoms with Crippen molar-refractivity contribution in [1.82, 2.24) is 0 Å². The average Bonchev–Trinajstić information content (AvgIpc) is 2.28. The highest BCUT2D eigenvalue weighted by Crippen LogP contribution is 2.46. The molecule has 1 rings (SSSR count). The van der Waals surface area contributed by atoms with Gasteiger partial charge in [-0.15, -0.1) is 0 Å². The smallest absolute Gasteiger partial charge is 0.387 e. The number of hydrogen-bond acceptors (Lipinski definition) is 5. The highest BCUT2D eigenvalue weighted by atomic mass is 19.3. The number of benzene rings is 1. The first-order valence-electron chi connectivity index (χ1n) is 4.78. The van der Waals surface area contributed by atoms with Crippen LogP contribution in [0.1, 0.15) is 0 Å². The van der Waals surface area contributed by atoms with E-state index in [0.29, 0.717) is 6.07 Å². The summed E-state index contributed by atoms with van der Waals surface area (Å²) in [4.78, 5) is 0. The van der Waals surface area contributed by atoms with Gasteiger partial charge in [-0.3, -0.25) is 0 Å². The van der Waals surface area contributed by atoms with Crippen molar-refractivity contribution in [2.75, 3.05) is 11.5 Å². The minimum absolute atomic E-state index is 0.623. The van der Waals surface area contributed by atoms with Gasteiger partial charge < -0.3 is 25.7 Å². The van der Waals surface area contributed by atoms with E-state index in [2.05, 4.69) is 14.2 Å². The van der Waals surface area contributed by atoms with E-state index in [1.807, 2.05) is 0 Å². The standard InChI is InChI=1S/C9H8F6N2O3/c10-7(11)18-3-1-2(16)5(19-8(12)13)6(4(3)17)20-9(14)15/h1,7-9H,16-17H2. The summed E-state index contributed by atoms with van der Waals surface area (Å²) in [5, 5.41) is 0. The average molecular weight is 306 g/mol. The molecule has 0 atom stereocenters. The van der Waals surface area contributed by atoms with E-state index in [1.165, 1.54) is 0 Å². The molecule has 0 saturated carbocycles. The number of alkyl halides is 6. The van der Waals surface area contributed by atoms with Gasteiger partial charge >= 0.3 is 19.8 Å². The topological polar surface area (TPSA) is 79.7 Å². The number of nitrogens with two attached hydrogens (primary N) is 2. The maximum atomic E-state index is 12.2.